The van der Waals surface area contributed by atoms with Gasteiger partial charge < -0.3 is 30.2 Å². The molecule has 3 aromatic rings. The van der Waals surface area contributed by atoms with E-state index in [1.54, 1.807) is 4.57 Å². The number of amides is 2. The largest absolute Gasteiger partial charge is 0.476 e. The minimum Gasteiger partial charge on any atom is -0.476 e. The van der Waals surface area contributed by atoms with Crippen molar-refractivity contribution < 1.29 is 29.3 Å². The van der Waals surface area contributed by atoms with Crippen LogP contribution in [0.5, 0.6) is 0 Å². The van der Waals surface area contributed by atoms with E-state index < -0.39 is 24.1 Å². The molecule has 182 valence electrons. The van der Waals surface area contributed by atoms with Crippen molar-refractivity contribution >= 4 is 18.0 Å². The molecule has 1 aliphatic carbocycles. The van der Waals surface area contributed by atoms with E-state index in [0.29, 0.717) is 6.54 Å². The molecular weight excluding hydrogens is 452 g/mol. The number of aromatic nitrogens is 2. The van der Waals surface area contributed by atoms with Crippen molar-refractivity contribution in [2.24, 2.45) is 0 Å². The van der Waals surface area contributed by atoms with E-state index in [2.05, 4.69) is 27.8 Å². The first-order valence-electron chi connectivity index (χ1n) is 11.2. The minimum absolute atomic E-state index is 0.0640. The normalized spacial score (nSPS) is 12.9. The summed E-state index contributed by atoms with van der Waals surface area (Å²) >= 11 is 0. The second-order valence-corrected chi connectivity index (χ2v) is 8.22. The number of aliphatic hydroxyl groups is 1. The summed E-state index contributed by atoms with van der Waals surface area (Å²) in [7, 11) is 0. The van der Waals surface area contributed by atoms with Crippen LogP contribution in [0.25, 0.3) is 11.1 Å². The number of carbonyl (C=O) groups is 3. The van der Waals surface area contributed by atoms with Gasteiger partial charge in [-0.15, -0.1) is 0 Å². The topological polar surface area (TPSA) is 143 Å². The summed E-state index contributed by atoms with van der Waals surface area (Å²) in [6.45, 7) is 0.600. The van der Waals surface area contributed by atoms with Gasteiger partial charge in [0, 0.05) is 31.7 Å². The quantitative estimate of drug-likeness (QED) is 0.349. The number of benzene rings is 2. The van der Waals surface area contributed by atoms with E-state index in [1.165, 1.54) is 12.5 Å². The van der Waals surface area contributed by atoms with Crippen LogP contribution < -0.4 is 10.6 Å². The van der Waals surface area contributed by atoms with Crippen LogP contribution in [-0.2, 0) is 16.1 Å². The van der Waals surface area contributed by atoms with Gasteiger partial charge in [0.15, 0.2) is 5.69 Å². The number of imidazole rings is 1. The number of nitrogens with one attached hydrogen (secondary N) is 2. The number of ether oxygens (including phenoxy) is 1. The number of carboxylic acids is 1. The first-order chi connectivity index (χ1) is 16.9. The van der Waals surface area contributed by atoms with Crippen LogP contribution in [0.3, 0.4) is 0 Å². The lowest BCUT2D eigenvalue weighted by atomic mass is 9.98. The van der Waals surface area contributed by atoms with Crippen LogP contribution >= 0.6 is 0 Å². The molecule has 0 radical (unpaired) electrons. The van der Waals surface area contributed by atoms with E-state index in [0.717, 1.165) is 22.3 Å². The molecule has 1 atom stereocenters. The third kappa shape index (κ3) is 5.85. The van der Waals surface area contributed by atoms with Gasteiger partial charge in [0.2, 0.25) is 5.91 Å². The Balaban J connectivity index is 1.17. The highest BCUT2D eigenvalue weighted by Gasteiger charge is 2.29. The molecule has 1 aliphatic rings. The van der Waals surface area contributed by atoms with Gasteiger partial charge in [-0.25, -0.2) is 14.6 Å². The van der Waals surface area contributed by atoms with Crippen molar-refractivity contribution in [2.75, 3.05) is 19.7 Å². The summed E-state index contributed by atoms with van der Waals surface area (Å²) in [6.07, 6.45) is 0.779. The Labute approximate surface area is 201 Å². The zero-order valence-corrected chi connectivity index (χ0v) is 18.9. The predicted molar refractivity (Wildman–Crippen MR) is 126 cm³/mol. The van der Waals surface area contributed by atoms with Crippen LogP contribution in [0.1, 0.15) is 34.0 Å². The first kappa shape index (κ1) is 24.0. The van der Waals surface area contributed by atoms with Crippen molar-refractivity contribution in [1.29, 1.82) is 0 Å². The Morgan fingerprint density at radius 1 is 1.03 bits per heavy atom. The van der Waals surface area contributed by atoms with Crippen molar-refractivity contribution in [2.45, 2.75) is 25.0 Å². The number of hydrogen-bond acceptors (Lipinski definition) is 6. The Bertz CT molecular complexity index is 1180. The molecule has 10 heteroatoms. The standard InChI is InChI=1S/C25H26N4O6/c30-16(11-23(31)26-9-10-29-13-22(24(32)33)28-15-29)12-27-25(34)35-14-21-19-7-3-1-5-17(19)18-6-2-4-8-20(18)21/h1-8,13,15-16,21,30H,9-12,14H2,(H,26,31)(H,27,34)(H,32,33). The third-order valence-corrected chi connectivity index (χ3v) is 5.79. The summed E-state index contributed by atoms with van der Waals surface area (Å²) in [5, 5.41) is 24.1. The molecule has 0 aliphatic heterocycles. The van der Waals surface area contributed by atoms with Gasteiger partial charge in [-0.1, -0.05) is 48.5 Å². The molecular formula is C25H26N4O6. The van der Waals surface area contributed by atoms with Gasteiger partial charge in [-0.05, 0) is 22.3 Å². The van der Waals surface area contributed by atoms with Gasteiger partial charge in [-0.2, -0.15) is 0 Å². The third-order valence-electron chi connectivity index (χ3n) is 5.79. The maximum atomic E-state index is 12.2. The molecule has 35 heavy (non-hydrogen) atoms. The SMILES string of the molecule is O=C(CC(O)CNC(=O)OCC1c2ccccc2-c2ccccc21)NCCn1cnc(C(=O)O)c1. The molecule has 10 nitrogen and oxygen atoms in total. The van der Waals surface area contributed by atoms with Crippen molar-refractivity contribution in [3.63, 3.8) is 0 Å². The minimum atomic E-state index is -1.13. The zero-order chi connectivity index (χ0) is 24.8. The molecule has 0 bridgehead atoms. The van der Waals surface area contributed by atoms with E-state index in [9.17, 15) is 19.5 Å². The van der Waals surface area contributed by atoms with Crippen molar-refractivity contribution in [3.8, 4) is 11.1 Å². The number of rotatable bonds is 10. The van der Waals surface area contributed by atoms with Crippen LogP contribution in [-0.4, -0.2) is 63.5 Å². The lowest BCUT2D eigenvalue weighted by Crippen LogP contribution is -2.37. The number of hydrogen-bond donors (Lipinski definition) is 4. The number of aliphatic hydroxyl groups excluding tert-OH is 1. The molecule has 2 aromatic carbocycles. The Kier molecular flexibility index (Phi) is 7.41. The fraction of sp³-hybridized carbons (Fsp3) is 0.280. The van der Waals surface area contributed by atoms with Crippen LogP contribution in [0.4, 0.5) is 4.79 Å². The molecule has 0 saturated heterocycles. The number of carboxylic acid groups (broad SMARTS) is 1. The Morgan fingerprint density at radius 2 is 1.69 bits per heavy atom. The van der Waals surface area contributed by atoms with E-state index in [-0.39, 0.29) is 37.7 Å². The molecule has 4 N–H and O–H groups in total. The molecule has 2 amide bonds. The zero-order valence-electron chi connectivity index (χ0n) is 18.9. The number of alkyl carbamates (subject to hydrolysis) is 1. The van der Waals surface area contributed by atoms with Crippen LogP contribution in [0.15, 0.2) is 61.1 Å². The van der Waals surface area contributed by atoms with Crippen molar-refractivity contribution in [3.05, 3.63) is 77.9 Å². The maximum absolute atomic E-state index is 12.2. The van der Waals surface area contributed by atoms with Crippen molar-refractivity contribution in [1.82, 2.24) is 20.2 Å². The monoisotopic (exact) mass is 478 g/mol. The fourth-order valence-corrected chi connectivity index (χ4v) is 4.13. The predicted octanol–water partition coefficient (Wildman–Crippen LogP) is 1.99. The highest BCUT2D eigenvalue weighted by Crippen LogP contribution is 2.44. The Morgan fingerprint density at radius 3 is 2.31 bits per heavy atom. The Hall–Kier alpha value is -4.18. The van der Waals surface area contributed by atoms with Gasteiger partial charge in [0.1, 0.15) is 6.61 Å². The molecule has 4 rings (SSSR count). The summed E-state index contributed by atoms with van der Waals surface area (Å²) in [4.78, 5) is 38.7. The van der Waals surface area contributed by atoms with Gasteiger partial charge >= 0.3 is 12.1 Å². The molecule has 0 spiro atoms. The first-order valence-corrected chi connectivity index (χ1v) is 11.2. The van der Waals surface area contributed by atoms with Gasteiger partial charge in [0.05, 0.1) is 18.9 Å². The average molecular weight is 479 g/mol. The van der Waals surface area contributed by atoms with E-state index in [4.69, 9.17) is 9.84 Å². The summed E-state index contributed by atoms with van der Waals surface area (Å²) in [6, 6.07) is 16.1. The molecule has 0 saturated carbocycles. The summed E-state index contributed by atoms with van der Waals surface area (Å²) < 4.78 is 6.96. The highest BCUT2D eigenvalue weighted by atomic mass is 16.5. The number of aromatic carboxylic acids is 1. The van der Waals surface area contributed by atoms with E-state index in [1.807, 2.05) is 36.4 Å². The average Bonchev–Trinajstić information content (AvgIpc) is 3.45. The lowest BCUT2D eigenvalue weighted by Gasteiger charge is -2.16. The highest BCUT2D eigenvalue weighted by molar-refractivity contribution is 5.85. The maximum Gasteiger partial charge on any atom is 0.407 e. The summed E-state index contributed by atoms with van der Waals surface area (Å²) in [5.74, 6) is -1.59. The lowest BCUT2D eigenvalue weighted by molar-refractivity contribution is -0.122. The van der Waals surface area contributed by atoms with Crippen LogP contribution in [0.2, 0.25) is 0 Å². The van der Waals surface area contributed by atoms with Crippen LogP contribution in [0, 0.1) is 0 Å². The smallest absolute Gasteiger partial charge is 0.407 e. The van der Waals surface area contributed by atoms with Gasteiger partial charge in [-0.3, -0.25) is 4.79 Å². The molecule has 1 aromatic heterocycles. The molecule has 1 unspecified atom stereocenters. The molecule has 0 fully saturated rings. The fourth-order valence-electron chi connectivity index (χ4n) is 4.13. The van der Waals surface area contributed by atoms with E-state index >= 15 is 0 Å². The number of fused-ring (bicyclic) bond motifs is 3. The second kappa shape index (κ2) is 10.8. The number of nitrogens with zero attached hydrogens (tertiary/aromatic N) is 2. The number of carbonyl (C=O) groups excluding carboxylic acids is 2. The second-order valence-electron chi connectivity index (χ2n) is 8.22. The van der Waals surface area contributed by atoms with Gasteiger partial charge in [0.25, 0.3) is 0 Å². The summed E-state index contributed by atoms with van der Waals surface area (Å²) in [5.41, 5.74) is 4.40. The molecule has 1 heterocycles.